The van der Waals surface area contributed by atoms with E-state index in [0.29, 0.717) is 57.3 Å². The number of aromatic amines is 1. The zero-order valence-electron chi connectivity index (χ0n) is 21.3. The minimum Gasteiger partial charge on any atom is -0.358 e. The molecule has 192 valence electrons. The maximum Gasteiger partial charge on any atom is 0.256 e. The van der Waals surface area contributed by atoms with Gasteiger partial charge in [0.1, 0.15) is 5.82 Å². The number of hydrogen-bond donors (Lipinski definition) is 2. The number of carbonyl (C=O) groups is 2. The number of aromatic nitrogens is 1. The molecule has 0 unspecified atom stereocenters. The monoisotopic (exact) mass is 520 g/mol. The molecule has 3 aromatic rings. The van der Waals surface area contributed by atoms with Crippen LogP contribution in [0.5, 0.6) is 0 Å². The number of carbonyl (C=O) groups excluding carboxylic acids is 2. The summed E-state index contributed by atoms with van der Waals surface area (Å²) in [5.74, 6) is -0.704. The Morgan fingerprint density at radius 3 is 2.62 bits per heavy atom. The summed E-state index contributed by atoms with van der Waals surface area (Å²) in [5.41, 5.74) is 5.76. The highest BCUT2D eigenvalue weighted by Crippen LogP contribution is 2.42. The van der Waals surface area contributed by atoms with Crippen molar-refractivity contribution in [3.63, 3.8) is 0 Å². The van der Waals surface area contributed by atoms with E-state index in [9.17, 15) is 14.0 Å². The van der Waals surface area contributed by atoms with Crippen LogP contribution in [0.3, 0.4) is 0 Å². The molecule has 0 fully saturated rings. The summed E-state index contributed by atoms with van der Waals surface area (Å²) in [4.78, 5) is 34.0. The van der Waals surface area contributed by atoms with Gasteiger partial charge in [0.2, 0.25) is 0 Å². The molecule has 2 N–H and O–H groups in total. The Morgan fingerprint density at radius 2 is 1.89 bits per heavy atom. The Labute approximate surface area is 221 Å². The molecule has 8 heteroatoms. The first-order valence-corrected chi connectivity index (χ1v) is 13.0. The third-order valence-corrected chi connectivity index (χ3v) is 7.65. The van der Waals surface area contributed by atoms with E-state index in [2.05, 4.69) is 29.0 Å². The lowest BCUT2D eigenvalue weighted by atomic mass is 9.93. The highest BCUT2D eigenvalue weighted by molar-refractivity contribution is 6.36. The summed E-state index contributed by atoms with van der Waals surface area (Å²) < 4.78 is 14.9. The van der Waals surface area contributed by atoms with Crippen molar-refractivity contribution in [2.24, 2.45) is 0 Å². The minimum absolute atomic E-state index is 0.0204. The van der Waals surface area contributed by atoms with Crippen molar-refractivity contribution in [3.05, 3.63) is 75.3 Å². The highest BCUT2D eigenvalue weighted by atomic mass is 35.5. The molecule has 1 aromatic heterocycles. The molecule has 2 aromatic carbocycles. The second-order valence-electron chi connectivity index (χ2n) is 9.45. The fraction of sp³-hybridized carbons (Fsp3) is 0.310. The van der Waals surface area contributed by atoms with Gasteiger partial charge in [0, 0.05) is 59.3 Å². The van der Waals surface area contributed by atoms with Crippen LogP contribution in [-0.2, 0) is 11.2 Å². The molecule has 0 atom stereocenters. The van der Waals surface area contributed by atoms with Crippen LogP contribution < -0.4 is 5.32 Å². The molecular weight excluding hydrogens is 491 g/mol. The SMILES string of the molecule is CCN(CC)CCN1CCc2[nH]c(/C=C3\C(=O)Nc4cccc(-c5ccc(Cl)cc5F)c43)c(C)c2C1=O. The van der Waals surface area contributed by atoms with Crippen LogP contribution in [0.1, 0.15) is 46.7 Å². The molecule has 0 saturated heterocycles. The van der Waals surface area contributed by atoms with Gasteiger partial charge >= 0.3 is 0 Å². The second kappa shape index (κ2) is 10.1. The van der Waals surface area contributed by atoms with E-state index < -0.39 is 5.82 Å². The van der Waals surface area contributed by atoms with E-state index in [1.165, 1.54) is 6.07 Å². The van der Waals surface area contributed by atoms with E-state index in [1.54, 1.807) is 36.4 Å². The van der Waals surface area contributed by atoms with Crippen LogP contribution >= 0.6 is 11.6 Å². The second-order valence-corrected chi connectivity index (χ2v) is 9.89. The van der Waals surface area contributed by atoms with E-state index >= 15 is 0 Å². The number of hydrogen-bond acceptors (Lipinski definition) is 3. The summed E-state index contributed by atoms with van der Waals surface area (Å²) in [6.07, 6.45) is 2.51. The molecule has 2 amide bonds. The van der Waals surface area contributed by atoms with Gasteiger partial charge in [-0.3, -0.25) is 9.59 Å². The van der Waals surface area contributed by atoms with Gasteiger partial charge in [-0.1, -0.05) is 37.6 Å². The molecule has 0 spiro atoms. The molecule has 0 saturated carbocycles. The van der Waals surface area contributed by atoms with Gasteiger partial charge in [0.05, 0.1) is 11.1 Å². The average Bonchev–Trinajstić information content (AvgIpc) is 3.37. The van der Waals surface area contributed by atoms with Gasteiger partial charge in [-0.25, -0.2) is 4.39 Å². The molecular formula is C29H30ClFN4O2. The van der Waals surface area contributed by atoms with Crippen LogP contribution in [0.25, 0.3) is 22.8 Å². The number of fused-ring (bicyclic) bond motifs is 2. The quantitative estimate of drug-likeness (QED) is 0.398. The molecule has 37 heavy (non-hydrogen) atoms. The number of rotatable bonds is 7. The van der Waals surface area contributed by atoms with Crippen molar-refractivity contribution >= 4 is 40.8 Å². The molecule has 6 nitrogen and oxygen atoms in total. The zero-order chi connectivity index (χ0) is 26.3. The number of H-pyrrole nitrogens is 1. The maximum atomic E-state index is 14.9. The topological polar surface area (TPSA) is 68.4 Å². The first-order valence-electron chi connectivity index (χ1n) is 12.7. The first-order chi connectivity index (χ1) is 17.8. The fourth-order valence-corrected chi connectivity index (χ4v) is 5.45. The Morgan fingerprint density at radius 1 is 1.11 bits per heavy atom. The van der Waals surface area contributed by atoms with E-state index in [0.717, 1.165) is 37.3 Å². The Bertz CT molecular complexity index is 1420. The smallest absolute Gasteiger partial charge is 0.256 e. The molecule has 0 radical (unpaired) electrons. The van der Waals surface area contributed by atoms with Crippen molar-refractivity contribution < 1.29 is 14.0 Å². The third-order valence-electron chi connectivity index (χ3n) is 7.42. The van der Waals surface area contributed by atoms with Crippen molar-refractivity contribution in [2.45, 2.75) is 27.2 Å². The van der Waals surface area contributed by atoms with Gasteiger partial charge in [-0.05, 0) is 61.5 Å². The Hall–Kier alpha value is -3.42. The number of anilines is 1. The summed E-state index contributed by atoms with van der Waals surface area (Å²) >= 11 is 5.96. The summed E-state index contributed by atoms with van der Waals surface area (Å²) in [7, 11) is 0. The number of benzene rings is 2. The lowest BCUT2D eigenvalue weighted by Gasteiger charge is -2.29. The van der Waals surface area contributed by atoms with Crippen LogP contribution in [-0.4, -0.2) is 59.3 Å². The van der Waals surface area contributed by atoms with Crippen molar-refractivity contribution in [1.82, 2.24) is 14.8 Å². The van der Waals surface area contributed by atoms with Crippen molar-refractivity contribution in [2.75, 3.05) is 38.0 Å². The molecule has 0 aliphatic carbocycles. The predicted octanol–water partition coefficient (Wildman–Crippen LogP) is 5.62. The van der Waals surface area contributed by atoms with Gasteiger partial charge in [-0.2, -0.15) is 0 Å². The zero-order valence-corrected chi connectivity index (χ0v) is 22.0. The van der Waals surface area contributed by atoms with Crippen LogP contribution in [0.4, 0.5) is 10.1 Å². The standard InChI is InChI=1S/C29H30ClFN4O2/c1-4-34(5-2)13-14-35-12-11-24-26(29(35)37)17(3)25(32-24)16-21-27-20(7-6-8-23(27)33-28(21)36)19-10-9-18(30)15-22(19)31/h6-10,15-16,32H,4-5,11-14H2,1-3H3,(H,33,36)/b21-16-. The summed E-state index contributed by atoms with van der Waals surface area (Å²) in [6, 6.07) is 9.91. The molecule has 2 aliphatic heterocycles. The van der Waals surface area contributed by atoms with Crippen molar-refractivity contribution in [3.8, 4) is 11.1 Å². The number of likely N-dealkylation sites (N-methyl/N-ethyl adjacent to an activating group) is 1. The van der Waals surface area contributed by atoms with Crippen LogP contribution in [0.2, 0.25) is 5.02 Å². The largest absolute Gasteiger partial charge is 0.358 e. The number of nitrogens with one attached hydrogen (secondary N) is 2. The van der Waals surface area contributed by atoms with Crippen molar-refractivity contribution in [1.29, 1.82) is 0 Å². The average molecular weight is 521 g/mol. The number of nitrogens with zero attached hydrogens (tertiary/aromatic N) is 2. The number of halogens is 2. The first kappa shape index (κ1) is 25.2. The number of amides is 2. The minimum atomic E-state index is -0.457. The highest BCUT2D eigenvalue weighted by Gasteiger charge is 2.32. The maximum absolute atomic E-state index is 14.9. The molecule has 2 aliphatic rings. The van der Waals surface area contributed by atoms with Gasteiger partial charge in [-0.15, -0.1) is 0 Å². The fourth-order valence-electron chi connectivity index (χ4n) is 5.29. The van der Waals surface area contributed by atoms with Crippen LogP contribution in [0, 0.1) is 12.7 Å². The lowest BCUT2D eigenvalue weighted by molar-refractivity contribution is -0.110. The van der Waals surface area contributed by atoms with Crippen LogP contribution in [0.15, 0.2) is 36.4 Å². The van der Waals surface area contributed by atoms with E-state index in [1.807, 2.05) is 11.8 Å². The molecule has 5 rings (SSSR count). The lowest BCUT2D eigenvalue weighted by Crippen LogP contribution is -2.42. The van der Waals surface area contributed by atoms with Gasteiger partial charge in [0.25, 0.3) is 11.8 Å². The molecule has 0 bridgehead atoms. The Kier molecular flexibility index (Phi) is 6.92. The summed E-state index contributed by atoms with van der Waals surface area (Å²) in [5, 5.41) is 3.20. The molecule has 3 heterocycles. The van der Waals surface area contributed by atoms with Gasteiger partial charge in [0.15, 0.2) is 0 Å². The Balaban J connectivity index is 1.51. The normalized spacial score (nSPS) is 15.9. The third kappa shape index (κ3) is 4.58. The van der Waals surface area contributed by atoms with Gasteiger partial charge < -0.3 is 20.1 Å². The van der Waals surface area contributed by atoms with E-state index in [-0.39, 0.29) is 11.8 Å². The summed E-state index contributed by atoms with van der Waals surface area (Å²) in [6.45, 7) is 10.3. The van der Waals surface area contributed by atoms with E-state index in [4.69, 9.17) is 11.6 Å². The predicted molar refractivity (Wildman–Crippen MR) is 146 cm³/mol.